The van der Waals surface area contributed by atoms with Crippen LogP contribution in [0.4, 0.5) is 10.2 Å². The summed E-state index contributed by atoms with van der Waals surface area (Å²) in [5, 5.41) is 9.00. The number of pyridine rings is 1. The lowest BCUT2D eigenvalue weighted by Crippen LogP contribution is -2.49. The first kappa shape index (κ1) is 17.9. The average Bonchev–Trinajstić information content (AvgIpc) is 2.68. The number of benzene rings is 1. The summed E-state index contributed by atoms with van der Waals surface area (Å²) in [7, 11) is 0. The molecule has 1 aromatic carbocycles. The topological polar surface area (TPSA) is 60.2 Å². The summed E-state index contributed by atoms with van der Waals surface area (Å²) in [6.45, 7) is 4.64. The third-order valence-electron chi connectivity index (χ3n) is 4.75. The average molecular weight is 352 g/mol. The van der Waals surface area contributed by atoms with Gasteiger partial charge in [-0.15, -0.1) is 0 Å². The summed E-state index contributed by atoms with van der Waals surface area (Å²) >= 11 is 0. The molecule has 1 aromatic heterocycles. The van der Waals surface area contributed by atoms with Gasteiger partial charge in [0.15, 0.2) is 0 Å². The monoisotopic (exact) mass is 352 g/mol. The third kappa shape index (κ3) is 4.17. The number of carbonyl (C=O) groups excluding carboxylic acids is 1. The molecule has 1 aliphatic rings. The number of nitriles is 1. The van der Waals surface area contributed by atoms with E-state index in [4.69, 9.17) is 5.26 Å². The molecule has 2 heterocycles. The van der Waals surface area contributed by atoms with E-state index in [1.165, 1.54) is 12.1 Å². The molecule has 1 unspecified atom stereocenters. The Morgan fingerprint density at radius 2 is 1.92 bits per heavy atom. The van der Waals surface area contributed by atoms with Crippen molar-refractivity contribution >= 4 is 11.7 Å². The smallest absolute Gasteiger partial charge is 0.223 e. The number of carbonyl (C=O) groups is 1. The van der Waals surface area contributed by atoms with Crippen molar-refractivity contribution in [3.05, 3.63) is 59.5 Å². The SMILES string of the molecule is CC(CC(=O)N1CCN(c2cc(C#N)ccn2)CC1)c1ccc(F)cc1. The van der Waals surface area contributed by atoms with Gasteiger partial charge in [-0.3, -0.25) is 4.79 Å². The van der Waals surface area contributed by atoms with E-state index in [2.05, 4.69) is 16.0 Å². The summed E-state index contributed by atoms with van der Waals surface area (Å²) in [5.41, 5.74) is 1.55. The van der Waals surface area contributed by atoms with Crippen LogP contribution >= 0.6 is 0 Å². The second kappa shape index (κ2) is 7.96. The summed E-state index contributed by atoms with van der Waals surface area (Å²) in [4.78, 5) is 20.8. The van der Waals surface area contributed by atoms with Gasteiger partial charge in [-0.1, -0.05) is 19.1 Å². The number of rotatable bonds is 4. The van der Waals surface area contributed by atoms with Crippen molar-refractivity contribution < 1.29 is 9.18 Å². The Kier molecular flexibility index (Phi) is 5.47. The van der Waals surface area contributed by atoms with Gasteiger partial charge in [0, 0.05) is 38.8 Å². The number of hydrogen-bond acceptors (Lipinski definition) is 4. The first-order valence-corrected chi connectivity index (χ1v) is 8.71. The van der Waals surface area contributed by atoms with E-state index in [0.717, 1.165) is 11.4 Å². The highest BCUT2D eigenvalue weighted by molar-refractivity contribution is 5.77. The summed E-state index contributed by atoms with van der Waals surface area (Å²) in [5.74, 6) is 0.670. The molecule has 1 amide bonds. The van der Waals surface area contributed by atoms with Gasteiger partial charge >= 0.3 is 0 Å². The van der Waals surface area contributed by atoms with Crippen LogP contribution in [0.25, 0.3) is 0 Å². The van der Waals surface area contributed by atoms with E-state index in [0.29, 0.717) is 38.2 Å². The van der Waals surface area contributed by atoms with Crippen LogP contribution in [0.3, 0.4) is 0 Å². The molecule has 1 aliphatic heterocycles. The normalized spacial score (nSPS) is 15.4. The van der Waals surface area contributed by atoms with Crippen LogP contribution in [-0.2, 0) is 4.79 Å². The zero-order valence-electron chi connectivity index (χ0n) is 14.7. The van der Waals surface area contributed by atoms with E-state index in [1.54, 1.807) is 30.5 Å². The van der Waals surface area contributed by atoms with Gasteiger partial charge in [-0.25, -0.2) is 9.37 Å². The van der Waals surface area contributed by atoms with Crippen molar-refractivity contribution in [1.29, 1.82) is 5.26 Å². The van der Waals surface area contributed by atoms with Crippen LogP contribution in [0.5, 0.6) is 0 Å². The molecule has 0 saturated carbocycles. The van der Waals surface area contributed by atoms with Crippen molar-refractivity contribution in [2.45, 2.75) is 19.3 Å². The van der Waals surface area contributed by atoms with Gasteiger partial charge in [0.25, 0.3) is 0 Å². The largest absolute Gasteiger partial charge is 0.353 e. The Bertz CT molecular complexity index is 807. The maximum Gasteiger partial charge on any atom is 0.223 e. The Labute approximate surface area is 152 Å². The fourth-order valence-electron chi connectivity index (χ4n) is 3.15. The first-order valence-electron chi connectivity index (χ1n) is 8.71. The summed E-state index contributed by atoms with van der Waals surface area (Å²) in [6, 6.07) is 11.9. The number of amides is 1. The molecule has 0 N–H and O–H groups in total. The molecule has 5 nitrogen and oxygen atoms in total. The van der Waals surface area contributed by atoms with Crippen LogP contribution in [0.15, 0.2) is 42.6 Å². The summed E-state index contributed by atoms with van der Waals surface area (Å²) in [6.07, 6.45) is 2.05. The van der Waals surface area contributed by atoms with Gasteiger partial charge in [-0.2, -0.15) is 5.26 Å². The highest BCUT2D eigenvalue weighted by Crippen LogP contribution is 2.21. The second-order valence-corrected chi connectivity index (χ2v) is 6.54. The molecule has 0 aliphatic carbocycles. The Morgan fingerprint density at radius 3 is 2.58 bits per heavy atom. The molecule has 3 rings (SSSR count). The van der Waals surface area contributed by atoms with Crippen molar-refractivity contribution in [1.82, 2.24) is 9.88 Å². The van der Waals surface area contributed by atoms with E-state index in [-0.39, 0.29) is 17.6 Å². The molecule has 2 aromatic rings. The molecule has 134 valence electrons. The van der Waals surface area contributed by atoms with Gasteiger partial charge in [0.2, 0.25) is 5.91 Å². The third-order valence-corrected chi connectivity index (χ3v) is 4.75. The van der Waals surface area contributed by atoms with Crippen LogP contribution in [0.2, 0.25) is 0 Å². The highest BCUT2D eigenvalue weighted by Gasteiger charge is 2.23. The molecule has 0 radical (unpaired) electrons. The summed E-state index contributed by atoms with van der Waals surface area (Å²) < 4.78 is 13.0. The fourth-order valence-corrected chi connectivity index (χ4v) is 3.15. The lowest BCUT2D eigenvalue weighted by Gasteiger charge is -2.36. The number of anilines is 1. The number of nitrogens with zero attached hydrogens (tertiary/aromatic N) is 4. The molecular formula is C20H21FN4O. The standard InChI is InChI=1S/C20H21FN4O/c1-15(17-2-4-18(21)5-3-17)12-20(26)25-10-8-24(9-11-25)19-13-16(14-22)6-7-23-19/h2-7,13,15H,8-12H2,1H3. The highest BCUT2D eigenvalue weighted by atomic mass is 19.1. The fraction of sp³-hybridized carbons (Fsp3) is 0.350. The van der Waals surface area contributed by atoms with Gasteiger partial charge in [0.1, 0.15) is 11.6 Å². The molecule has 1 fully saturated rings. The van der Waals surface area contributed by atoms with Crippen LogP contribution in [0, 0.1) is 17.1 Å². The maximum absolute atomic E-state index is 13.0. The van der Waals surface area contributed by atoms with E-state index >= 15 is 0 Å². The molecule has 1 atom stereocenters. The van der Waals surface area contributed by atoms with E-state index in [1.807, 2.05) is 11.8 Å². The molecule has 0 bridgehead atoms. The Balaban J connectivity index is 1.55. The van der Waals surface area contributed by atoms with Crippen LogP contribution < -0.4 is 4.90 Å². The molecule has 6 heteroatoms. The predicted molar refractivity (Wildman–Crippen MR) is 97.2 cm³/mol. The minimum Gasteiger partial charge on any atom is -0.353 e. The van der Waals surface area contributed by atoms with E-state index < -0.39 is 0 Å². The van der Waals surface area contributed by atoms with Crippen molar-refractivity contribution in [3.8, 4) is 6.07 Å². The minimum absolute atomic E-state index is 0.0510. The number of halogens is 1. The Hall–Kier alpha value is -2.94. The van der Waals surface area contributed by atoms with Crippen LogP contribution in [-0.4, -0.2) is 42.0 Å². The Morgan fingerprint density at radius 1 is 1.23 bits per heavy atom. The number of hydrogen-bond donors (Lipinski definition) is 0. The van der Waals surface area contributed by atoms with Crippen LogP contribution in [0.1, 0.15) is 30.4 Å². The number of piperazine rings is 1. The van der Waals surface area contributed by atoms with Gasteiger partial charge in [-0.05, 0) is 35.7 Å². The predicted octanol–water partition coefficient (Wildman–Crippen LogP) is 2.93. The lowest BCUT2D eigenvalue weighted by molar-refractivity contribution is -0.131. The first-order chi connectivity index (χ1) is 12.6. The zero-order chi connectivity index (χ0) is 18.5. The van der Waals surface area contributed by atoms with Gasteiger partial charge in [0.05, 0.1) is 11.6 Å². The van der Waals surface area contributed by atoms with Crippen molar-refractivity contribution in [3.63, 3.8) is 0 Å². The lowest BCUT2D eigenvalue weighted by atomic mass is 9.97. The maximum atomic E-state index is 13.0. The van der Waals surface area contributed by atoms with E-state index in [9.17, 15) is 9.18 Å². The second-order valence-electron chi connectivity index (χ2n) is 6.54. The quantitative estimate of drug-likeness (QED) is 0.849. The molecule has 1 saturated heterocycles. The van der Waals surface area contributed by atoms with Gasteiger partial charge < -0.3 is 9.80 Å². The van der Waals surface area contributed by atoms with Crippen molar-refractivity contribution in [2.75, 3.05) is 31.1 Å². The number of aromatic nitrogens is 1. The molecular weight excluding hydrogens is 331 g/mol. The molecule has 0 spiro atoms. The molecule has 26 heavy (non-hydrogen) atoms. The minimum atomic E-state index is -0.266. The van der Waals surface area contributed by atoms with Crippen molar-refractivity contribution in [2.24, 2.45) is 0 Å². The zero-order valence-corrected chi connectivity index (χ0v) is 14.7.